The predicted molar refractivity (Wildman–Crippen MR) is 71.5 cm³/mol. The Hall–Kier alpha value is -2.14. The fraction of sp³-hybridized carbons (Fsp3) is 0.286. The molecular weight excluding hydrogens is 242 g/mol. The van der Waals surface area contributed by atoms with E-state index in [0.717, 1.165) is 12.2 Å². The van der Waals surface area contributed by atoms with Gasteiger partial charge in [-0.05, 0) is 5.56 Å². The number of imidazole rings is 1. The molecule has 0 saturated heterocycles. The molecule has 0 saturated carbocycles. The van der Waals surface area contributed by atoms with Gasteiger partial charge < -0.3 is 15.0 Å². The Morgan fingerprint density at radius 3 is 2.84 bits per heavy atom. The van der Waals surface area contributed by atoms with Gasteiger partial charge in [-0.25, -0.2) is 4.98 Å². The van der Waals surface area contributed by atoms with Crippen LogP contribution in [0, 0.1) is 0 Å². The standard InChI is InChI=1S/C14H17N3O2/c1-19-14(18)13(15)7-12-9-17(10-16-12)8-11-5-3-2-4-6-11/h2-6,9-10,13H,7-8,15H2,1H3/t13-/m0/s1. The molecule has 5 nitrogen and oxygen atoms in total. The third-order valence-electron chi connectivity index (χ3n) is 2.83. The van der Waals surface area contributed by atoms with Crippen molar-refractivity contribution in [3.05, 3.63) is 54.1 Å². The van der Waals surface area contributed by atoms with Gasteiger partial charge in [0.25, 0.3) is 0 Å². The first-order chi connectivity index (χ1) is 9.19. The quantitative estimate of drug-likeness (QED) is 0.812. The van der Waals surface area contributed by atoms with E-state index >= 15 is 0 Å². The maximum Gasteiger partial charge on any atom is 0.323 e. The topological polar surface area (TPSA) is 70.1 Å². The molecule has 0 aliphatic rings. The number of carbonyl (C=O) groups is 1. The highest BCUT2D eigenvalue weighted by Crippen LogP contribution is 2.05. The predicted octanol–water partition coefficient (Wildman–Crippen LogP) is 0.974. The van der Waals surface area contributed by atoms with Crippen molar-refractivity contribution < 1.29 is 9.53 Å². The number of esters is 1. The fourth-order valence-corrected chi connectivity index (χ4v) is 1.85. The van der Waals surface area contributed by atoms with Crippen LogP contribution in [0.25, 0.3) is 0 Å². The zero-order chi connectivity index (χ0) is 13.7. The van der Waals surface area contributed by atoms with E-state index < -0.39 is 12.0 Å². The van der Waals surface area contributed by atoms with E-state index in [1.165, 1.54) is 12.7 Å². The van der Waals surface area contributed by atoms with E-state index in [-0.39, 0.29) is 0 Å². The van der Waals surface area contributed by atoms with Gasteiger partial charge in [0.1, 0.15) is 6.04 Å². The van der Waals surface area contributed by atoms with Crippen LogP contribution in [-0.4, -0.2) is 28.7 Å². The summed E-state index contributed by atoms with van der Waals surface area (Å²) in [4.78, 5) is 15.5. The van der Waals surface area contributed by atoms with Crippen LogP contribution < -0.4 is 5.73 Å². The number of hydrogen-bond donors (Lipinski definition) is 1. The lowest BCUT2D eigenvalue weighted by Crippen LogP contribution is -2.33. The molecule has 0 spiro atoms. The van der Waals surface area contributed by atoms with Gasteiger partial charge >= 0.3 is 5.97 Å². The number of carbonyl (C=O) groups excluding carboxylic acids is 1. The molecule has 0 aliphatic heterocycles. The second kappa shape index (κ2) is 6.15. The second-order valence-electron chi connectivity index (χ2n) is 4.36. The van der Waals surface area contributed by atoms with Gasteiger partial charge in [0, 0.05) is 19.2 Å². The van der Waals surface area contributed by atoms with Crippen molar-refractivity contribution >= 4 is 5.97 Å². The average molecular weight is 259 g/mol. The summed E-state index contributed by atoms with van der Waals surface area (Å²) in [5.41, 5.74) is 7.68. The lowest BCUT2D eigenvalue weighted by molar-refractivity contribution is -0.142. The number of benzene rings is 1. The SMILES string of the molecule is COC(=O)[C@@H](N)Cc1cn(Cc2ccccc2)cn1. The van der Waals surface area contributed by atoms with Crippen molar-refractivity contribution in [3.8, 4) is 0 Å². The average Bonchev–Trinajstić information content (AvgIpc) is 2.86. The minimum absolute atomic E-state index is 0.383. The molecule has 0 unspecified atom stereocenters. The van der Waals surface area contributed by atoms with Crippen LogP contribution in [0.15, 0.2) is 42.9 Å². The van der Waals surface area contributed by atoms with Crippen LogP contribution in [0.2, 0.25) is 0 Å². The molecule has 2 rings (SSSR count). The number of hydrogen-bond acceptors (Lipinski definition) is 4. The summed E-state index contributed by atoms with van der Waals surface area (Å²) in [6.45, 7) is 0.751. The number of nitrogens with zero attached hydrogens (tertiary/aromatic N) is 2. The lowest BCUT2D eigenvalue weighted by Gasteiger charge is -2.06. The highest BCUT2D eigenvalue weighted by molar-refractivity contribution is 5.75. The van der Waals surface area contributed by atoms with Crippen LogP contribution in [0.3, 0.4) is 0 Å². The molecule has 1 heterocycles. The van der Waals surface area contributed by atoms with Crippen molar-refractivity contribution in [2.75, 3.05) is 7.11 Å². The van der Waals surface area contributed by atoms with Gasteiger partial charge in [-0.1, -0.05) is 30.3 Å². The number of ether oxygens (including phenoxy) is 1. The summed E-state index contributed by atoms with van der Waals surface area (Å²) >= 11 is 0. The Labute approximate surface area is 112 Å². The van der Waals surface area contributed by atoms with Crippen molar-refractivity contribution in [2.24, 2.45) is 5.73 Å². The van der Waals surface area contributed by atoms with Gasteiger partial charge in [-0.15, -0.1) is 0 Å². The summed E-state index contributed by atoms with van der Waals surface area (Å²) < 4.78 is 6.56. The van der Waals surface area contributed by atoms with E-state index in [4.69, 9.17) is 5.73 Å². The molecule has 19 heavy (non-hydrogen) atoms. The Morgan fingerprint density at radius 2 is 2.16 bits per heavy atom. The summed E-state index contributed by atoms with van der Waals surface area (Å²) in [7, 11) is 1.33. The minimum Gasteiger partial charge on any atom is -0.468 e. The summed E-state index contributed by atoms with van der Waals surface area (Å²) in [6.07, 6.45) is 4.02. The molecule has 0 aliphatic carbocycles. The molecule has 0 bridgehead atoms. The molecule has 0 fully saturated rings. The van der Waals surface area contributed by atoms with Crippen LogP contribution in [0.1, 0.15) is 11.3 Å². The molecule has 5 heteroatoms. The first-order valence-electron chi connectivity index (χ1n) is 6.07. The largest absolute Gasteiger partial charge is 0.468 e. The summed E-state index contributed by atoms with van der Waals surface area (Å²) in [5.74, 6) is -0.419. The second-order valence-corrected chi connectivity index (χ2v) is 4.36. The monoisotopic (exact) mass is 259 g/mol. The van der Waals surface area contributed by atoms with Crippen molar-refractivity contribution in [3.63, 3.8) is 0 Å². The number of rotatable bonds is 5. The van der Waals surface area contributed by atoms with Gasteiger partial charge in [-0.3, -0.25) is 4.79 Å². The molecule has 0 radical (unpaired) electrons. The minimum atomic E-state index is -0.662. The number of nitrogens with two attached hydrogens (primary N) is 1. The van der Waals surface area contributed by atoms with E-state index in [9.17, 15) is 4.79 Å². The molecule has 2 N–H and O–H groups in total. The van der Waals surface area contributed by atoms with Crippen LogP contribution in [0.4, 0.5) is 0 Å². The normalized spacial score (nSPS) is 12.1. The number of methoxy groups -OCH3 is 1. The maximum absolute atomic E-state index is 11.2. The molecule has 1 aromatic heterocycles. The van der Waals surface area contributed by atoms with Gasteiger partial charge in [0.2, 0.25) is 0 Å². The van der Waals surface area contributed by atoms with E-state index in [0.29, 0.717) is 6.42 Å². The maximum atomic E-state index is 11.2. The van der Waals surface area contributed by atoms with Gasteiger partial charge in [-0.2, -0.15) is 0 Å². The van der Waals surface area contributed by atoms with E-state index in [1.54, 1.807) is 6.33 Å². The van der Waals surface area contributed by atoms with Gasteiger partial charge in [0.15, 0.2) is 0 Å². The molecular formula is C14H17N3O2. The van der Waals surface area contributed by atoms with Crippen molar-refractivity contribution in [1.29, 1.82) is 0 Å². The molecule has 100 valence electrons. The first-order valence-corrected chi connectivity index (χ1v) is 6.07. The highest BCUT2D eigenvalue weighted by Gasteiger charge is 2.15. The van der Waals surface area contributed by atoms with Gasteiger partial charge in [0.05, 0.1) is 19.1 Å². The van der Waals surface area contributed by atoms with Crippen LogP contribution in [-0.2, 0) is 22.5 Å². The van der Waals surface area contributed by atoms with E-state index in [2.05, 4.69) is 21.9 Å². The third-order valence-corrected chi connectivity index (χ3v) is 2.83. The zero-order valence-electron chi connectivity index (χ0n) is 10.8. The van der Waals surface area contributed by atoms with E-state index in [1.807, 2.05) is 29.0 Å². The Kier molecular flexibility index (Phi) is 4.30. The molecule has 2 aromatic rings. The molecule has 1 atom stereocenters. The van der Waals surface area contributed by atoms with Crippen LogP contribution >= 0.6 is 0 Å². The van der Waals surface area contributed by atoms with Crippen LogP contribution in [0.5, 0.6) is 0 Å². The first kappa shape index (κ1) is 13.3. The number of aromatic nitrogens is 2. The van der Waals surface area contributed by atoms with Crippen molar-refractivity contribution in [2.45, 2.75) is 19.0 Å². The molecule has 0 amide bonds. The Balaban J connectivity index is 1.98. The Morgan fingerprint density at radius 1 is 1.42 bits per heavy atom. The zero-order valence-corrected chi connectivity index (χ0v) is 10.8. The smallest absolute Gasteiger partial charge is 0.323 e. The molecule has 1 aromatic carbocycles. The third kappa shape index (κ3) is 3.66. The Bertz CT molecular complexity index is 537. The highest BCUT2D eigenvalue weighted by atomic mass is 16.5. The lowest BCUT2D eigenvalue weighted by atomic mass is 10.2. The summed E-state index contributed by atoms with van der Waals surface area (Å²) in [5, 5.41) is 0. The summed E-state index contributed by atoms with van der Waals surface area (Å²) in [6, 6.07) is 9.43. The fourth-order valence-electron chi connectivity index (χ4n) is 1.85. The van der Waals surface area contributed by atoms with Crippen molar-refractivity contribution in [1.82, 2.24) is 9.55 Å².